The lowest BCUT2D eigenvalue weighted by Gasteiger charge is -1.97. The number of phenolic OH excluding ortho intramolecular Hbond substituents is 1. The van der Waals surface area contributed by atoms with E-state index in [0.717, 1.165) is 11.1 Å². The Hall–Kier alpha value is -2.33. The summed E-state index contributed by atoms with van der Waals surface area (Å²) in [6.45, 7) is 0. The van der Waals surface area contributed by atoms with Crippen LogP contribution in [0.1, 0.15) is 11.5 Å². The number of aromatic nitrogens is 2. The lowest BCUT2D eigenvalue weighted by Crippen LogP contribution is -1.88. The second-order valence-corrected chi connectivity index (χ2v) is 4.75. The SMILES string of the molecule is Oc1cccc(Cc2nc(-c3ccccc3Cl)no2)c1. The summed E-state index contributed by atoms with van der Waals surface area (Å²) in [5, 5.41) is 13.9. The first kappa shape index (κ1) is 12.7. The number of hydrogen-bond acceptors (Lipinski definition) is 4. The lowest BCUT2D eigenvalue weighted by atomic mass is 10.1. The van der Waals surface area contributed by atoms with Crippen LogP contribution in [0, 0.1) is 0 Å². The molecule has 4 nitrogen and oxygen atoms in total. The summed E-state index contributed by atoms with van der Waals surface area (Å²) in [6, 6.07) is 14.3. The molecule has 0 saturated carbocycles. The van der Waals surface area contributed by atoms with Crippen molar-refractivity contribution in [2.24, 2.45) is 0 Å². The molecule has 0 amide bonds. The minimum Gasteiger partial charge on any atom is -0.508 e. The molecule has 3 rings (SSSR count). The van der Waals surface area contributed by atoms with Crippen molar-refractivity contribution < 1.29 is 9.63 Å². The Labute approximate surface area is 120 Å². The second-order valence-electron chi connectivity index (χ2n) is 4.34. The van der Waals surface area contributed by atoms with Crippen LogP contribution in [0.25, 0.3) is 11.4 Å². The van der Waals surface area contributed by atoms with Crippen LogP contribution in [0.3, 0.4) is 0 Å². The van der Waals surface area contributed by atoms with Crippen molar-refractivity contribution in [2.75, 3.05) is 0 Å². The maximum Gasteiger partial charge on any atom is 0.231 e. The maximum atomic E-state index is 9.43. The van der Waals surface area contributed by atoms with E-state index in [-0.39, 0.29) is 5.75 Å². The van der Waals surface area contributed by atoms with Crippen molar-refractivity contribution in [1.82, 2.24) is 10.1 Å². The quantitative estimate of drug-likeness (QED) is 0.798. The van der Waals surface area contributed by atoms with Gasteiger partial charge < -0.3 is 9.63 Å². The Kier molecular flexibility index (Phi) is 3.39. The summed E-state index contributed by atoms with van der Waals surface area (Å²) >= 11 is 6.09. The molecular formula is C15H11ClN2O2. The van der Waals surface area contributed by atoms with Gasteiger partial charge in [0, 0.05) is 5.56 Å². The summed E-state index contributed by atoms with van der Waals surface area (Å²) in [6.07, 6.45) is 0.464. The van der Waals surface area contributed by atoms with Crippen LogP contribution in [0.15, 0.2) is 53.1 Å². The van der Waals surface area contributed by atoms with Gasteiger partial charge in [0.15, 0.2) is 0 Å². The molecule has 1 N–H and O–H groups in total. The molecule has 0 radical (unpaired) electrons. The molecule has 0 bridgehead atoms. The van der Waals surface area contributed by atoms with E-state index < -0.39 is 0 Å². The molecule has 0 unspecified atom stereocenters. The summed E-state index contributed by atoms with van der Waals surface area (Å²) in [7, 11) is 0. The van der Waals surface area contributed by atoms with Crippen molar-refractivity contribution in [3.63, 3.8) is 0 Å². The standard InChI is InChI=1S/C15H11ClN2O2/c16-13-7-2-1-6-12(13)15-17-14(20-18-15)9-10-4-3-5-11(19)8-10/h1-8,19H,9H2. The number of hydrogen-bond donors (Lipinski definition) is 1. The number of aromatic hydroxyl groups is 1. The molecular weight excluding hydrogens is 276 g/mol. The molecule has 0 spiro atoms. The molecule has 5 heteroatoms. The lowest BCUT2D eigenvalue weighted by molar-refractivity contribution is 0.385. The zero-order chi connectivity index (χ0) is 13.9. The Morgan fingerprint density at radius 3 is 2.75 bits per heavy atom. The van der Waals surface area contributed by atoms with Crippen LogP contribution in [-0.4, -0.2) is 15.2 Å². The summed E-state index contributed by atoms with van der Waals surface area (Å²) in [5.74, 6) is 1.16. The number of phenols is 1. The molecule has 1 heterocycles. The largest absolute Gasteiger partial charge is 0.508 e. The Morgan fingerprint density at radius 2 is 1.95 bits per heavy atom. The summed E-state index contributed by atoms with van der Waals surface area (Å²) < 4.78 is 5.22. The minimum atomic E-state index is 0.216. The van der Waals surface area contributed by atoms with Gasteiger partial charge in [-0.05, 0) is 29.8 Å². The van der Waals surface area contributed by atoms with Crippen molar-refractivity contribution >= 4 is 11.6 Å². The van der Waals surface area contributed by atoms with Crippen LogP contribution >= 0.6 is 11.6 Å². The van der Waals surface area contributed by atoms with Crippen LogP contribution in [0.4, 0.5) is 0 Å². The fourth-order valence-electron chi connectivity index (χ4n) is 1.92. The van der Waals surface area contributed by atoms with E-state index in [2.05, 4.69) is 10.1 Å². The number of nitrogens with zero attached hydrogens (tertiary/aromatic N) is 2. The van der Waals surface area contributed by atoms with E-state index >= 15 is 0 Å². The van der Waals surface area contributed by atoms with Crippen molar-refractivity contribution in [3.05, 3.63) is 65.0 Å². The van der Waals surface area contributed by atoms with E-state index in [1.807, 2.05) is 24.3 Å². The highest BCUT2D eigenvalue weighted by atomic mass is 35.5. The van der Waals surface area contributed by atoms with E-state index in [1.54, 1.807) is 24.3 Å². The predicted molar refractivity (Wildman–Crippen MR) is 75.7 cm³/mol. The third kappa shape index (κ3) is 2.65. The Balaban J connectivity index is 1.86. The van der Waals surface area contributed by atoms with Gasteiger partial charge in [0.2, 0.25) is 11.7 Å². The Bertz CT molecular complexity index is 740. The van der Waals surface area contributed by atoms with E-state index in [0.29, 0.717) is 23.2 Å². The van der Waals surface area contributed by atoms with Crippen LogP contribution in [0.5, 0.6) is 5.75 Å². The van der Waals surface area contributed by atoms with Gasteiger partial charge >= 0.3 is 0 Å². The highest BCUT2D eigenvalue weighted by Gasteiger charge is 2.11. The summed E-state index contributed by atoms with van der Waals surface area (Å²) in [4.78, 5) is 4.32. The fourth-order valence-corrected chi connectivity index (χ4v) is 2.14. The van der Waals surface area contributed by atoms with Gasteiger partial charge in [0.05, 0.1) is 11.4 Å². The molecule has 0 aliphatic carbocycles. The maximum absolute atomic E-state index is 9.43. The van der Waals surface area contributed by atoms with Gasteiger partial charge in [-0.2, -0.15) is 4.98 Å². The van der Waals surface area contributed by atoms with Gasteiger partial charge in [-0.25, -0.2) is 0 Å². The highest BCUT2D eigenvalue weighted by molar-refractivity contribution is 6.33. The van der Waals surface area contributed by atoms with Crippen molar-refractivity contribution in [1.29, 1.82) is 0 Å². The molecule has 0 aliphatic heterocycles. The molecule has 1 aromatic heterocycles. The zero-order valence-electron chi connectivity index (χ0n) is 10.5. The fraction of sp³-hybridized carbons (Fsp3) is 0.0667. The summed E-state index contributed by atoms with van der Waals surface area (Å²) in [5.41, 5.74) is 1.64. The van der Waals surface area contributed by atoms with Crippen LogP contribution in [-0.2, 0) is 6.42 Å². The number of benzene rings is 2. The van der Waals surface area contributed by atoms with E-state index in [1.165, 1.54) is 0 Å². The molecule has 20 heavy (non-hydrogen) atoms. The number of rotatable bonds is 3. The zero-order valence-corrected chi connectivity index (χ0v) is 11.2. The topological polar surface area (TPSA) is 59.2 Å². The monoisotopic (exact) mass is 286 g/mol. The van der Waals surface area contributed by atoms with E-state index in [4.69, 9.17) is 16.1 Å². The van der Waals surface area contributed by atoms with Gasteiger partial charge in [-0.3, -0.25) is 0 Å². The highest BCUT2D eigenvalue weighted by Crippen LogP contribution is 2.25. The average Bonchev–Trinajstić information content (AvgIpc) is 2.87. The van der Waals surface area contributed by atoms with Crippen molar-refractivity contribution in [3.8, 4) is 17.1 Å². The molecule has 100 valence electrons. The molecule has 2 aromatic carbocycles. The molecule has 0 aliphatic rings. The minimum absolute atomic E-state index is 0.216. The molecule has 3 aromatic rings. The average molecular weight is 287 g/mol. The van der Waals surface area contributed by atoms with Gasteiger partial charge in [0.25, 0.3) is 0 Å². The van der Waals surface area contributed by atoms with Crippen LogP contribution in [0.2, 0.25) is 5.02 Å². The van der Waals surface area contributed by atoms with Crippen LogP contribution < -0.4 is 0 Å². The predicted octanol–water partition coefficient (Wildman–Crippen LogP) is 3.69. The number of halogens is 1. The molecule has 0 saturated heterocycles. The normalized spacial score (nSPS) is 10.7. The van der Waals surface area contributed by atoms with Gasteiger partial charge in [-0.15, -0.1) is 0 Å². The van der Waals surface area contributed by atoms with E-state index in [9.17, 15) is 5.11 Å². The molecule has 0 atom stereocenters. The van der Waals surface area contributed by atoms with Gasteiger partial charge in [0.1, 0.15) is 5.75 Å². The third-order valence-corrected chi connectivity index (χ3v) is 3.18. The third-order valence-electron chi connectivity index (χ3n) is 2.85. The molecule has 0 fully saturated rings. The van der Waals surface area contributed by atoms with Crippen molar-refractivity contribution in [2.45, 2.75) is 6.42 Å². The first-order valence-electron chi connectivity index (χ1n) is 6.08. The van der Waals surface area contributed by atoms with Gasteiger partial charge in [-0.1, -0.05) is 41.0 Å². The smallest absolute Gasteiger partial charge is 0.231 e. The Morgan fingerprint density at radius 1 is 1.10 bits per heavy atom. The first-order chi connectivity index (χ1) is 9.72. The second kappa shape index (κ2) is 5.35. The first-order valence-corrected chi connectivity index (χ1v) is 6.45.